The summed E-state index contributed by atoms with van der Waals surface area (Å²) in [4.78, 5) is 36.6. The number of rotatable bonds is 9. The Balaban J connectivity index is 1.18. The molecule has 4 N–H and O–H groups in total. The molecule has 5 aromatic rings. The van der Waals surface area contributed by atoms with E-state index in [1.807, 2.05) is 97.1 Å². The largest absolute Gasteiger partial charge is 0.452 e. The van der Waals surface area contributed by atoms with Crippen molar-refractivity contribution in [1.82, 2.24) is 15.3 Å². The number of anilines is 1. The molecule has 1 saturated heterocycles. The number of H-pyrrole nitrogens is 1. The predicted octanol–water partition coefficient (Wildman–Crippen LogP) is 5.48. The van der Waals surface area contributed by atoms with Crippen LogP contribution in [0.1, 0.15) is 40.9 Å². The number of methoxy groups -OCH3 is 1. The molecule has 0 bridgehead atoms. The van der Waals surface area contributed by atoms with E-state index in [1.54, 1.807) is 12.1 Å². The minimum absolute atomic E-state index is 0.0305. The van der Waals surface area contributed by atoms with Crippen molar-refractivity contribution in [3.63, 3.8) is 0 Å². The molecule has 3 atom stereocenters. The average Bonchev–Trinajstić information content (AvgIpc) is 3.53. The molecule has 9 nitrogen and oxygen atoms in total. The Hall–Kier alpha value is -4.83. The van der Waals surface area contributed by atoms with Gasteiger partial charge in [0.05, 0.1) is 48.6 Å². The summed E-state index contributed by atoms with van der Waals surface area (Å²) in [5.74, 6) is -0.162. The molecule has 9 heteroatoms. The van der Waals surface area contributed by atoms with Crippen LogP contribution in [0.4, 0.5) is 10.5 Å². The van der Waals surface area contributed by atoms with E-state index in [-0.39, 0.29) is 12.1 Å². The van der Waals surface area contributed by atoms with Crippen LogP contribution >= 0.6 is 0 Å². The molecular weight excluding hydrogens is 566 g/mol. The maximum atomic E-state index is 14.2. The summed E-state index contributed by atoms with van der Waals surface area (Å²) in [6, 6.07) is 33.5. The van der Waals surface area contributed by atoms with Crippen LogP contribution in [-0.2, 0) is 20.7 Å². The first-order valence-corrected chi connectivity index (χ1v) is 15.2. The van der Waals surface area contributed by atoms with Crippen LogP contribution < -0.4 is 16.0 Å². The van der Waals surface area contributed by atoms with Crippen molar-refractivity contribution >= 4 is 28.7 Å². The van der Waals surface area contributed by atoms with Crippen LogP contribution in [0.2, 0.25) is 0 Å². The van der Waals surface area contributed by atoms with E-state index in [2.05, 4.69) is 10.3 Å². The highest BCUT2D eigenvalue weighted by Crippen LogP contribution is 2.31. The lowest BCUT2D eigenvalue weighted by Crippen LogP contribution is -2.50. The van der Waals surface area contributed by atoms with Gasteiger partial charge in [-0.1, -0.05) is 91.0 Å². The number of fused-ring (bicyclic) bond motifs is 1. The average molecular weight is 604 g/mol. The van der Waals surface area contributed by atoms with E-state index >= 15 is 0 Å². The van der Waals surface area contributed by atoms with Gasteiger partial charge >= 0.3 is 6.09 Å². The molecule has 1 fully saturated rings. The summed E-state index contributed by atoms with van der Waals surface area (Å²) in [5.41, 5.74) is 11.7. The second-order valence-corrected chi connectivity index (χ2v) is 11.2. The number of para-hydroxylation sites is 3. The smallest absolute Gasteiger partial charge is 0.420 e. The summed E-state index contributed by atoms with van der Waals surface area (Å²) in [6.07, 6.45) is 0.424. The number of aryl methyl sites for hydroxylation is 1. The van der Waals surface area contributed by atoms with Gasteiger partial charge in [-0.3, -0.25) is 4.79 Å². The normalized spacial score (nSPS) is 17.2. The zero-order valence-electron chi connectivity index (χ0n) is 25.1. The molecule has 0 saturated carbocycles. The summed E-state index contributed by atoms with van der Waals surface area (Å²) < 4.78 is 11.4. The molecule has 4 aromatic carbocycles. The summed E-state index contributed by atoms with van der Waals surface area (Å²) in [6.45, 7) is 1.12. The maximum Gasteiger partial charge on any atom is 0.420 e. The minimum atomic E-state index is -1.05. The lowest BCUT2D eigenvalue weighted by Gasteiger charge is -2.31. The first kappa shape index (κ1) is 30.2. The standard InChI is InChI=1S/C36H37N5O4/c1-44-36(43)41(35(42)33(37)32(25-13-4-2-5-14-25)26-15-6-3-7-16-26)31-19-11-8-12-24(31)20-21-27-22-38-30(23-45-27)34-39-28-17-9-10-18-29(28)40-34/h2-19,27,30,32-33,38H,20-23,37H2,1H3,(H,39,40)/t27-,30+,33+/m1/s1. The Morgan fingerprint density at radius 1 is 0.933 bits per heavy atom. The number of nitrogens with zero attached hydrogens (tertiary/aromatic N) is 2. The van der Waals surface area contributed by atoms with Crippen molar-refractivity contribution in [2.24, 2.45) is 5.73 Å². The highest BCUT2D eigenvalue weighted by molar-refractivity contribution is 6.15. The van der Waals surface area contributed by atoms with Gasteiger partial charge in [-0.2, -0.15) is 0 Å². The van der Waals surface area contributed by atoms with Gasteiger partial charge in [0.25, 0.3) is 5.91 Å². The molecular formula is C36H37N5O4. The SMILES string of the molecule is COC(=O)N(C(=O)[C@@H](N)C(c1ccccc1)c1ccccc1)c1ccccc1CC[C@@H]1CN[C@H](c2nc3ccccc3[nH]2)CO1. The highest BCUT2D eigenvalue weighted by Gasteiger charge is 2.36. The molecule has 0 unspecified atom stereocenters. The molecule has 2 heterocycles. The van der Waals surface area contributed by atoms with Crippen LogP contribution in [0.3, 0.4) is 0 Å². The Morgan fingerprint density at radius 2 is 1.58 bits per heavy atom. The number of imide groups is 1. The van der Waals surface area contributed by atoms with Gasteiger partial charge in [-0.05, 0) is 47.7 Å². The van der Waals surface area contributed by atoms with Crippen LogP contribution in [0, 0.1) is 0 Å². The number of imidazole rings is 1. The number of hydrogen-bond donors (Lipinski definition) is 3. The number of benzene rings is 4. The molecule has 0 aliphatic carbocycles. The number of ether oxygens (including phenoxy) is 2. The number of nitrogens with two attached hydrogens (primary N) is 1. The van der Waals surface area contributed by atoms with Gasteiger partial charge < -0.3 is 25.5 Å². The predicted molar refractivity (Wildman–Crippen MR) is 174 cm³/mol. The van der Waals surface area contributed by atoms with Gasteiger partial charge in [0, 0.05) is 12.5 Å². The molecule has 1 aliphatic heterocycles. The van der Waals surface area contributed by atoms with E-state index in [4.69, 9.17) is 20.2 Å². The number of aromatic amines is 1. The first-order valence-electron chi connectivity index (χ1n) is 15.2. The fourth-order valence-electron chi connectivity index (χ4n) is 6.00. The number of carbonyl (C=O) groups excluding carboxylic acids is 2. The molecule has 45 heavy (non-hydrogen) atoms. The number of hydrogen-bond acceptors (Lipinski definition) is 7. The van der Waals surface area contributed by atoms with Crippen LogP contribution in [-0.4, -0.2) is 54.4 Å². The molecule has 0 radical (unpaired) electrons. The summed E-state index contributed by atoms with van der Waals surface area (Å²) >= 11 is 0. The Bertz CT molecular complexity index is 1660. The Kier molecular flexibility index (Phi) is 9.30. The molecule has 1 aromatic heterocycles. The third-order valence-corrected chi connectivity index (χ3v) is 8.34. The van der Waals surface area contributed by atoms with Gasteiger partial charge in [-0.15, -0.1) is 0 Å². The van der Waals surface area contributed by atoms with Crippen molar-refractivity contribution in [3.8, 4) is 0 Å². The minimum Gasteiger partial charge on any atom is -0.452 e. The fourth-order valence-corrected chi connectivity index (χ4v) is 6.00. The number of aromatic nitrogens is 2. The Morgan fingerprint density at radius 3 is 2.22 bits per heavy atom. The lowest BCUT2D eigenvalue weighted by molar-refractivity contribution is -0.119. The number of morpholine rings is 1. The Labute approximate surface area is 262 Å². The topological polar surface area (TPSA) is 123 Å². The lowest BCUT2D eigenvalue weighted by atomic mass is 9.84. The van der Waals surface area contributed by atoms with Crippen molar-refractivity contribution < 1.29 is 19.1 Å². The zero-order valence-corrected chi connectivity index (χ0v) is 25.1. The maximum absolute atomic E-state index is 14.2. The van der Waals surface area contributed by atoms with Crippen LogP contribution in [0.5, 0.6) is 0 Å². The van der Waals surface area contributed by atoms with Gasteiger partial charge in [-0.25, -0.2) is 14.7 Å². The molecule has 6 rings (SSSR count). The number of carbonyl (C=O) groups is 2. The number of nitrogens with one attached hydrogen (secondary N) is 2. The van der Waals surface area contributed by atoms with Crippen molar-refractivity contribution in [3.05, 3.63) is 132 Å². The van der Waals surface area contributed by atoms with Crippen molar-refractivity contribution in [2.75, 3.05) is 25.2 Å². The van der Waals surface area contributed by atoms with E-state index < -0.39 is 24.0 Å². The van der Waals surface area contributed by atoms with Crippen LogP contribution in [0.15, 0.2) is 109 Å². The molecule has 0 spiro atoms. The quantitative estimate of drug-likeness (QED) is 0.204. The third kappa shape index (κ3) is 6.66. The number of amides is 2. The summed E-state index contributed by atoms with van der Waals surface area (Å²) in [7, 11) is 1.27. The second kappa shape index (κ2) is 13.9. The van der Waals surface area contributed by atoms with Crippen LogP contribution in [0.25, 0.3) is 11.0 Å². The van der Waals surface area contributed by atoms with Crippen molar-refractivity contribution in [1.29, 1.82) is 0 Å². The summed E-state index contributed by atoms with van der Waals surface area (Å²) in [5, 5.41) is 3.55. The molecule has 1 aliphatic rings. The van der Waals surface area contributed by atoms with E-state index in [0.717, 1.165) is 38.4 Å². The van der Waals surface area contributed by atoms with Gasteiger partial charge in [0.1, 0.15) is 5.82 Å². The zero-order chi connectivity index (χ0) is 31.2. The van der Waals surface area contributed by atoms with Gasteiger partial charge in [0.15, 0.2) is 0 Å². The van der Waals surface area contributed by atoms with E-state index in [9.17, 15) is 9.59 Å². The molecule has 2 amide bonds. The van der Waals surface area contributed by atoms with E-state index in [0.29, 0.717) is 31.7 Å². The second-order valence-electron chi connectivity index (χ2n) is 11.2. The third-order valence-electron chi connectivity index (χ3n) is 8.34. The van der Waals surface area contributed by atoms with E-state index in [1.165, 1.54) is 7.11 Å². The first-order chi connectivity index (χ1) is 22.0. The monoisotopic (exact) mass is 603 g/mol. The highest BCUT2D eigenvalue weighted by atomic mass is 16.5. The van der Waals surface area contributed by atoms with Gasteiger partial charge in [0.2, 0.25) is 0 Å². The molecule has 230 valence electrons. The fraction of sp³-hybridized carbons (Fsp3) is 0.250. The van der Waals surface area contributed by atoms with Crippen molar-refractivity contribution in [2.45, 2.75) is 36.9 Å².